The van der Waals surface area contributed by atoms with E-state index in [1.54, 1.807) is 29.9 Å². The Morgan fingerprint density at radius 1 is 1.19 bits per heavy atom. The Morgan fingerprint density at radius 2 is 2.04 bits per heavy atom. The molecule has 0 aliphatic heterocycles. The summed E-state index contributed by atoms with van der Waals surface area (Å²) in [6.45, 7) is 2.10. The van der Waals surface area contributed by atoms with Crippen molar-refractivity contribution >= 4 is 27.8 Å². The number of fused-ring (bicyclic) bond motifs is 2. The number of hydrogen-bond donors (Lipinski definition) is 0. The number of pyridine rings is 1. The Hall–Kier alpha value is -3.72. The molecular weight excluding hydrogens is 340 g/mol. The van der Waals surface area contributed by atoms with Crippen molar-refractivity contribution < 1.29 is 9.53 Å². The molecule has 2 heterocycles. The Labute approximate surface area is 155 Å². The number of hydrogen-bond acceptors (Lipinski definition) is 5. The van der Waals surface area contributed by atoms with Crippen molar-refractivity contribution in [2.75, 3.05) is 6.61 Å². The van der Waals surface area contributed by atoms with Crippen LogP contribution in [0.25, 0.3) is 33.1 Å². The second-order valence-corrected chi connectivity index (χ2v) is 6.03. The summed E-state index contributed by atoms with van der Waals surface area (Å²) in [5.41, 5.74) is 3.79. The minimum Gasteiger partial charge on any atom is -0.465 e. The fourth-order valence-electron chi connectivity index (χ4n) is 3.20. The second-order valence-electron chi connectivity index (χ2n) is 6.03. The monoisotopic (exact) mass is 356 g/mol. The first-order valence-electron chi connectivity index (χ1n) is 8.61. The molecule has 0 fully saturated rings. The zero-order valence-electron chi connectivity index (χ0n) is 14.7. The fraction of sp³-hybridized carbons (Fsp3) is 0.143. The van der Waals surface area contributed by atoms with Crippen LogP contribution >= 0.6 is 0 Å². The van der Waals surface area contributed by atoms with Gasteiger partial charge in [-0.25, -0.2) is 0 Å². The molecule has 0 saturated carbocycles. The molecule has 0 saturated heterocycles. The number of rotatable bonds is 4. The van der Waals surface area contributed by atoms with Crippen LogP contribution in [0.3, 0.4) is 0 Å². The molecule has 0 atom stereocenters. The average molecular weight is 356 g/mol. The van der Waals surface area contributed by atoms with E-state index in [-0.39, 0.29) is 12.5 Å². The van der Waals surface area contributed by atoms with Gasteiger partial charge in [-0.3, -0.25) is 14.5 Å². The summed E-state index contributed by atoms with van der Waals surface area (Å²) in [4.78, 5) is 16.4. The van der Waals surface area contributed by atoms with Crippen molar-refractivity contribution in [1.29, 1.82) is 5.26 Å². The van der Waals surface area contributed by atoms with Crippen LogP contribution in [0.4, 0.5) is 0 Å². The van der Waals surface area contributed by atoms with Crippen LogP contribution in [0.5, 0.6) is 0 Å². The molecule has 27 heavy (non-hydrogen) atoms. The highest BCUT2D eigenvalue weighted by atomic mass is 16.5. The van der Waals surface area contributed by atoms with Crippen LogP contribution in [-0.2, 0) is 16.1 Å². The highest BCUT2D eigenvalue weighted by molar-refractivity contribution is 6.02. The van der Waals surface area contributed by atoms with Gasteiger partial charge >= 0.3 is 5.97 Å². The van der Waals surface area contributed by atoms with Crippen LogP contribution in [0, 0.1) is 11.3 Å². The van der Waals surface area contributed by atoms with E-state index in [0.717, 1.165) is 27.4 Å². The maximum Gasteiger partial charge on any atom is 0.327 e. The van der Waals surface area contributed by atoms with Gasteiger partial charge in [0.05, 0.1) is 29.3 Å². The van der Waals surface area contributed by atoms with Gasteiger partial charge in [-0.1, -0.05) is 18.2 Å². The summed E-state index contributed by atoms with van der Waals surface area (Å²) in [6, 6.07) is 17.2. The standard InChI is InChI=1S/C21H16N4O2/c1-2-27-20(26)13-25-19-8-7-14(12-22)11-17(19)21(24-25)16-9-10-23-18-6-4-3-5-15(16)18/h3-11H,2,13H2,1H3. The van der Waals surface area contributed by atoms with E-state index in [9.17, 15) is 10.1 Å². The van der Waals surface area contributed by atoms with Crippen molar-refractivity contribution in [1.82, 2.24) is 14.8 Å². The van der Waals surface area contributed by atoms with Crippen molar-refractivity contribution in [3.8, 4) is 17.3 Å². The summed E-state index contributed by atoms with van der Waals surface area (Å²) in [7, 11) is 0. The predicted octanol–water partition coefficient (Wildman–Crippen LogP) is 3.69. The summed E-state index contributed by atoms with van der Waals surface area (Å²) >= 11 is 0. The van der Waals surface area contributed by atoms with Gasteiger partial charge in [0.15, 0.2) is 0 Å². The summed E-state index contributed by atoms with van der Waals surface area (Å²) in [5.74, 6) is -0.350. The molecule has 2 aromatic heterocycles. The first kappa shape index (κ1) is 16.7. The molecule has 0 amide bonds. The van der Waals surface area contributed by atoms with Gasteiger partial charge in [0, 0.05) is 22.5 Å². The van der Waals surface area contributed by atoms with Gasteiger partial charge in [0.25, 0.3) is 0 Å². The van der Waals surface area contributed by atoms with E-state index in [1.165, 1.54) is 0 Å². The number of para-hydroxylation sites is 1. The lowest BCUT2D eigenvalue weighted by Gasteiger charge is -2.04. The predicted molar refractivity (Wildman–Crippen MR) is 102 cm³/mol. The van der Waals surface area contributed by atoms with Crippen LogP contribution in [0.15, 0.2) is 54.7 Å². The molecule has 0 aliphatic rings. The molecule has 0 radical (unpaired) electrons. The molecule has 4 aromatic rings. The van der Waals surface area contributed by atoms with Crippen molar-refractivity contribution in [2.24, 2.45) is 0 Å². The summed E-state index contributed by atoms with van der Waals surface area (Å²) in [5, 5.41) is 15.8. The highest BCUT2D eigenvalue weighted by Gasteiger charge is 2.17. The summed E-state index contributed by atoms with van der Waals surface area (Å²) < 4.78 is 6.69. The smallest absolute Gasteiger partial charge is 0.327 e. The number of nitriles is 1. The lowest BCUT2D eigenvalue weighted by molar-refractivity contribution is -0.143. The first-order valence-corrected chi connectivity index (χ1v) is 8.61. The van der Waals surface area contributed by atoms with Gasteiger partial charge in [-0.05, 0) is 37.3 Å². The maximum atomic E-state index is 12.0. The van der Waals surface area contributed by atoms with E-state index in [0.29, 0.717) is 17.9 Å². The maximum absolute atomic E-state index is 12.0. The molecule has 0 N–H and O–H groups in total. The number of carbonyl (C=O) groups is 1. The van der Waals surface area contributed by atoms with Crippen LogP contribution in [0.1, 0.15) is 12.5 Å². The number of nitrogens with zero attached hydrogens (tertiary/aromatic N) is 4. The average Bonchev–Trinajstić information content (AvgIpc) is 3.05. The summed E-state index contributed by atoms with van der Waals surface area (Å²) in [6.07, 6.45) is 1.74. The van der Waals surface area contributed by atoms with E-state index in [2.05, 4.69) is 16.2 Å². The SMILES string of the molecule is CCOC(=O)Cn1nc(-c2ccnc3ccccc23)c2cc(C#N)ccc21. The van der Waals surface area contributed by atoms with Crippen molar-refractivity contribution in [3.63, 3.8) is 0 Å². The minimum absolute atomic E-state index is 0.0132. The van der Waals surface area contributed by atoms with E-state index < -0.39 is 0 Å². The zero-order valence-corrected chi connectivity index (χ0v) is 14.7. The number of aromatic nitrogens is 3. The molecule has 6 nitrogen and oxygen atoms in total. The van der Waals surface area contributed by atoms with Gasteiger partial charge in [0.1, 0.15) is 12.2 Å². The molecule has 2 aromatic carbocycles. The third kappa shape index (κ3) is 3.00. The quantitative estimate of drug-likeness (QED) is 0.521. The topological polar surface area (TPSA) is 80.8 Å². The highest BCUT2D eigenvalue weighted by Crippen LogP contribution is 2.33. The minimum atomic E-state index is -0.350. The Bertz CT molecular complexity index is 1200. The lowest BCUT2D eigenvalue weighted by Crippen LogP contribution is -2.14. The Morgan fingerprint density at radius 3 is 2.85 bits per heavy atom. The van der Waals surface area contributed by atoms with Gasteiger partial charge in [-0.2, -0.15) is 10.4 Å². The van der Waals surface area contributed by atoms with E-state index in [4.69, 9.17) is 4.74 Å². The Balaban J connectivity index is 1.96. The molecule has 132 valence electrons. The van der Waals surface area contributed by atoms with Gasteiger partial charge in [-0.15, -0.1) is 0 Å². The zero-order chi connectivity index (χ0) is 18.8. The molecule has 0 bridgehead atoms. The second kappa shape index (κ2) is 6.89. The largest absolute Gasteiger partial charge is 0.465 e. The fourth-order valence-corrected chi connectivity index (χ4v) is 3.20. The normalized spacial score (nSPS) is 10.8. The third-order valence-electron chi connectivity index (χ3n) is 4.37. The number of benzene rings is 2. The Kier molecular flexibility index (Phi) is 4.27. The molecule has 0 unspecified atom stereocenters. The van der Waals surface area contributed by atoms with Gasteiger partial charge in [0.2, 0.25) is 0 Å². The van der Waals surface area contributed by atoms with Crippen LogP contribution < -0.4 is 0 Å². The number of esters is 1. The first-order chi connectivity index (χ1) is 13.2. The lowest BCUT2D eigenvalue weighted by atomic mass is 10.0. The van der Waals surface area contributed by atoms with E-state index >= 15 is 0 Å². The molecule has 4 rings (SSSR count). The molecule has 0 spiro atoms. The number of carbonyl (C=O) groups excluding carboxylic acids is 1. The van der Waals surface area contributed by atoms with Crippen molar-refractivity contribution in [3.05, 3.63) is 60.3 Å². The third-order valence-corrected chi connectivity index (χ3v) is 4.37. The molecular formula is C21H16N4O2. The van der Waals surface area contributed by atoms with Gasteiger partial charge < -0.3 is 4.74 Å². The van der Waals surface area contributed by atoms with Crippen molar-refractivity contribution in [2.45, 2.75) is 13.5 Å². The molecule has 6 heteroatoms. The van der Waals surface area contributed by atoms with Crippen LogP contribution in [0.2, 0.25) is 0 Å². The number of ether oxygens (including phenoxy) is 1. The van der Waals surface area contributed by atoms with Crippen LogP contribution in [-0.4, -0.2) is 27.3 Å². The van der Waals surface area contributed by atoms with E-state index in [1.807, 2.05) is 36.4 Å². The molecule has 0 aliphatic carbocycles.